The summed E-state index contributed by atoms with van der Waals surface area (Å²) in [6, 6.07) is 9.76. The summed E-state index contributed by atoms with van der Waals surface area (Å²) in [5.41, 5.74) is 3.85. The molecule has 2 amide bonds. The van der Waals surface area contributed by atoms with Crippen LogP contribution in [0.3, 0.4) is 0 Å². The summed E-state index contributed by atoms with van der Waals surface area (Å²) in [5, 5.41) is 3.98. The molecule has 0 bridgehead atoms. The average Bonchev–Trinajstić information content (AvgIpc) is 2.93. The highest BCUT2D eigenvalue weighted by molar-refractivity contribution is 7.18. The Labute approximate surface area is 151 Å². The summed E-state index contributed by atoms with van der Waals surface area (Å²) in [4.78, 5) is 23.1. The van der Waals surface area contributed by atoms with Crippen molar-refractivity contribution >= 4 is 33.3 Å². The summed E-state index contributed by atoms with van der Waals surface area (Å²) < 4.78 is 1.13. The molecule has 0 saturated heterocycles. The molecule has 0 aliphatic rings. The molecule has 3 rings (SSSR count). The third kappa shape index (κ3) is 4.14. The van der Waals surface area contributed by atoms with E-state index in [-0.39, 0.29) is 12.1 Å². The van der Waals surface area contributed by atoms with E-state index in [9.17, 15) is 4.79 Å². The number of benzene rings is 1. The van der Waals surface area contributed by atoms with E-state index in [1.807, 2.05) is 51.2 Å². The van der Waals surface area contributed by atoms with Crippen molar-refractivity contribution < 1.29 is 4.79 Å². The molecule has 1 N–H and O–H groups in total. The van der Waals surface area contributed by atoms with Crippen molar-refractivity contribution in [1.29, 1.82) is 0 Å². The van der Waals surface area contributed by atoms with Gasteiger partial charge in [-0.3, -0.25) is 4.98 Å². The minimum absolute atomic E-state index is 0.0412. The zero-order valence-electron chi connectivity index (χ0n) is 14.9. The number of carbonyl (C=O) groups excluding carboxylic acids is 1. The molecule has 1 aromatic carbocycles. The van der Waals surface area contributed by atoms with Crippen molar-refractivity contribution in [2.75, 3.05) is 12.4 Å². The van der Waals surface area contributed by atoms with Crippen LogP contribution < -0.4 is 5.32 Å². The summed E-state index contributed by atoms with van der Waals surface area (Å²) in [5.74, 6) is 0. The van der Waals surface area contributed by atoms with E-state index in [1.165, 1.54) is 5.56 Å². The Kier molecular flexibility index (Phi) is 4.99. The highest BCUT2D eigenvalue weighted by Gasteiger charge is 2.17. The number of likely N-dealkylation sites (N-methyl/N-ethyl adjacent to an activating group) is 1. The maximum absolute atomic E-state index is 12.5. The van der Waals surface area contributed by atoms with Gasteiger partial charge in [0.1, 0.15) is 0 Å². The molecule has 0 aliphatic carbocycles. The SMILES string of the molecule is Cc1ccnc(C[C@@H](C)N(C)C(=O)Nc2ccc3sc(C)nc3c2)c1. The van der Waals surface area contributed by atoms with Crippen LogP contribution in [0.15, 0.2) is 36.5 Å². The second-order valence-corrected chi connectivity index (χ2v) is 7.57. The van der Waals surface area contributed by atoms with Crippen LogP contribution in [0.1, 0.15) is 23.2 Å². The highest BCUT2D eigenvalue weighted by Crippen LogP contribution is 2.24. The van der Waals surface area contributed by atoms with Gasteiger partial charge in [-0.15, -0.1) is 11.3 Å². The van der Waals surface area contributed by atoms with Gasteiger partial charge in [-0.25, -0.2) is 9.78 Å². The first-order valence-corrected chi connectivity index (χ1v) is 9.06. The number of rotatable bonds is 4. The Hall–Kier alpha value is -2.47. The normalized spacial score (nSPS) is 12.2. The molecule has 0 aliphatic heterocycles. The van der Waals surface area contributed by atoms with Gasteiger partial charge in [0.2, 0.25) is 0 Å². The summed E-state index contributed by atoms with van der Waals surface area (Å²) in [6.07, 6.45) is 2.53. The molecule has 5 nitrogen and oxygen atoms in total. The molecule has 0 fully saturated rings. The van der Waals surface area contributed by atoms with Gasteiger partial charge in [0.15, 0.2) is 0 Å². The molecule has 6 heteroatoms. The number of hydrogen-bond acceptors (Lipinski definition) is 4. The van der Waals surface area contributed by atoms with Crippen molar-refractivity contribution in [3.05, 3.63) is 52.8 Å². The van der Waals surface area contributed by atoms with E-state index in [0.717, 1.165) is 33.0 Å². The van der Waals surface area contributed by atoms with Crippen molar-refractivity contribution in [3.63, 3.8) is 0 Å². The maximum atomic E-state index is 12.5. The number of anilines is 1. The smallest absolute Gasteiger partial charge is 0.321 e. The zero-order valence-corrected chi connectivity index (χ0v) is 15.7. The molecule has 1 atom stereocenters. The summed E-state index contributed by atoms with van der Waals surface area (Å²) in [6.45, 7) is 6.05. The van der Waals surface area contributed by atoms with Crippen LogP contribution in [0.25, 0.3) is 10.2 Å². The predicted octanol–water partition coefficient (Wildman–Crippen LogP) is 4.40. The number of carbonyl (C=O) groups is 1. The van der Waals surface area contributed by atoms with Gasteiger partial charge in [0.05, 0.1) is 15.2 Å². The van der Waals surface area contributed by atoms with Crippen LogP contribution in [0.2, 0.25) is 0 Å². The van der Waals surface area contributed by atoms with E-state index in [2.05, 4.69) is 21.4 Å². The number of amides is 2. The number of pyridine rings is 1. The second kappa shape index (κ2) is 7.19. The van der Waals surface area contributed by atoms with Gasteiger partial charge >= 0.3 is 6.03 Å². The van der Waals surface area contributed by atoms with E-state index in [1.54, 1.807) is 23.3 Å². The summed E-state index contributed by atoms with van der Waals surface area (Å²) in [7, 11) is 1.81. The third-order valence-corrected chi connectivity index (χ3v) is 5.16. The minimum Gasteiger partial charge on any atom is -0.324 e. The van der Waals surface area contributed by atoms with Crippen LogP contribution in [0, 0.1) is 13.8 Å². The molecular weight excluding hydrogens is 332 g/mol. The number of aryl methyl sites for hydroxylation is 2. The lowest BCUT2D eigenvalue weighted by Crippen LogP contribution is -2.39. The van der Waals surface area contributed by atoms with Crippen LogP contribution in [0.5, 0.6) is 0 Å². The molecule has 25 heavy (non-hydrogen) atoms. The molecule has 2 heterocycles. The highest BCUT2D eigenvalue weighted by atomic mass is 32.1. The largest absolute Gasteiger partial charge is 0.324 e. The van der Waals surface area contributed by atoms with Gasteiger partial charge in [0.25, 0.3) is 0 Å². The molecule has 0 spiro atoms. The van der Waals surface area contributed by atoms with Crippen LogP contribution in [-0.2, 0) is 6.42 Å². The van der Waals surface area contributed by atoms with Gasteiger partial charge < -0.3 is 10.2 Å². The fraction of sp³-hybridized carbons (Fsp3) is 0.316. The summed E-state index contributed by atoms with van der Waals surface area (Å²) >= 11 is 1.65. The minimum atomic E-state index is -0.133. The van der Waals surface area contributed by atoms with Crippen molar-refractivity contribution in [2.45, 2.75) is 33.2 Å². The Morgan fingerprint density at radius 1 is 1.28 bits per heavy atom. The Balaban J connectivity index is 1.66. The number of thiazole rings is 1. The maximum Gasteiger partial charge on any atom is 0.321 e. The molecule has 2 aromatic heterocycles. The fourth-order valence-corrected chi connectivity index (χ4v) is 3.49. The van der Waals surface area contributed by atoms with Crippen molar-refractivity contribution in [1.82, 2.24) is 14.9 Å². The average molecular weight is 354 g/mol. The van der Waals surface area contributed by atoms with Gasteiger partial charge in [-0.2, -0.15) is 0 Å². The third-order valence-electron chi connectivity index (χ3n) is 4.20. The first-order valence-electron chi connectivity index (χ1n) is 8.25. The first-order chi connectivity index (χ1) is 11.9. The van der Waals surface area contributed by atoms with Gasteiger partial charge in [-0.05, 0) is 56.7 Å². The number of hydrogen-bond donors (Lipinski definition) is 1. The Morgan fingerprint density at radius 2 is 2.08 bits per heavy atom. The van der Waals surface area contributed by atoms with Crippen LogP contribution in [-0.4, -0.2) is 34.0 Å². The van der Waals surface area contributed by atoms with Gasteiger partial charge in [0, 0.05) is 37.1 Å². The van der Waals surface area contributed by atoms with Crippen LogP contribution in [0.4, 0.5) is 10.5 Å². The van der Waals surface area contributed by atoms with E-state index in [4.69, 9.17) is 0 Å². The van der Waals surface area contributed by atoms with E-state index < -0.39 is 0 Å². The number of aromatic nitrogens is 2. The molecule has 3 aromatic rings. The quantitative estimate of drug-likeness (QED) is 0.755. The molecule has 0 radical (unpaired) electrons. The zero-order chi connectivity index (χ0) is 18.0. The lowest BCUT2D eigenvalue weighted by molar-refractivity contribution is 0.207. The van der Waals surface area contributed by atoms with Crippen LogP contribution >= 0.6 is 11.3 Å². The number of nitrogens with one attached hydrogen (secondary N) is 1. The number of urea groups is 1. The lowest BCUT2D eigenvalue weighted by atomic mass is 10.1. The molecule has 0 unspecified atom stereocenters. The fourth-order valence-electron chi connectivity index (χ4n) is 2.68. The predicted molar refractivity (Wildman–Crippen MR) is 103 cm³/mol. The number of fused-ring (bicyclic) bond motifs is 1. The monoisotopic (exact) mass is 354 g/mol. The molecule has 130 valence electrons. The topological polar surface area (TPSA) is 58.1 Å². The molecule has 0 saturated carbocycles. The first kappa shape index (κ1) is 17.4. The Morgan fingerprint density at radius 3 is 2.84 bits per heavy atom. The standard InChI is InChI=1S/C19H22N4OS/c1-12-7-8-20-16(9-12)10-13(2)23(4)19(24)22-15-5-6-18-17(11-15)21-14(3)25-18/h5-9,11,13H,10H2,1-4H3,(H,22,24)/t13-/m1/s1. The molecular formula is C19H22N4OS. The van der Waals surface area contributed by atoms with E-state index >= 15 is 0 Å². The van der Waals surface area contributed by atoms with Gasteiger partial charge in [-0.1, -0.05) is 0 Å². The Bertz CT molecular complexity index is 905. The second-order valence-electron chi connectivity index (χ2n) is 6.33. The van der Waals surface area contributed by atoms with Crippen molar-refractivity contribution in [3.8, 4) is 0 Å². The lowest BCUT2D eigenvalue weighted by Gasteiger charge is -2.25. The number of nitrogens with zero attached hydrogens (tertiary/aromatic N) is 3. The van der Waals surface area contributed by atoms with E-state index in [0.29, 0.717) is 0 Å². The van der Waals surface area contributed by atoms with Crippen molar-refractivity contribution in [2.24, 2.45) is 0 Å².